The van der Waals surface area contributed by atoms with Crippen LogP contribution in [0.5, 0.6) is 0 Å². The molecule has 2 N–H and O–H groups in total. The first-order valence-electron chi connectivity index (χ1n) is 6.56. The molecule has 1 rings (SSSR count). The Hall–Kier alpha value is -1.35. The van der Waals surface area contributed by atoms with E-state index < -0.39 is 0 Å². The first-order chi connectivity index (χ1) is 8.58. The van der Waals surface area contributed by atoms with Crippen molar-refractivity contribution in [1.29, 1.82) is 0 Å². The molecule has 0 aromatic heterocycles. The molecule has 3 nitrogen and oxygen atoms in total. The van der Waals surface area contributed by atoms with Crippen LogP contribution in [-0.2, 0) is 4.79 Å². The van der Waals surface area contributed by atoms with Crippen molar-refractivity contribution in [2.24, 2.45) is 0 Å². The van der Waals surface area contributed by atoms with Crippen molar-refractivity contribution in [3.8, 4) is 0 Å². The maximum atomic E-state index is 12.1. The van der Waals surface area contributed by atoms with Gasteiger partial charge in [0.05, 0.1) is 5.92 Å². The number of carbonyl (C=O) groups is 1. The average Bonchev–Trinajstić information content (AvgIpc) is 2.37. The number of hydrogen-bond acceptors (Lipinski definition) is 2. The zero-order chi connectivity index (χ0) is 13.5. The van der Waals surface area contributed by atoms with Crippen molar-refractivity contribution >= 4 is 5.91 Å². The molecule has 18 heavy (non-hydrogen) atoms. The molecule has 0 saturated carbocycles. The molecule has 0 aliphatic heterocycles. The van der Waals surface area contributed by atoms with Gasteiger partial charge in [-0.15, -0.1) is 0 Å². The zero-order valence-corrected chi connectivity index (χ0v) is 11.4. The Morgan fingerprint density at radius 1 is 1.44 bits per heavy atom. The predicted molar refractivity (Wildman–Crippen MR) is 73.5 cm³/mol. The van der Waals surface area contributed by atoms with Gasteiger partial charge in [0.15, 0.2) is 0 Å². The molecule has 1 aromatic carbocycles. The van der Waals surface area contributed by atoms with Crippen molar-refractivity contribution in [1.82, 2.24) is 5.32 Å². The number of hydrogen-bond donors (Lipinski definition) is 2. The average molecular weight is 249 g/mol. The minimum absolute atomic E-state index is 0.0286. The highest BCUT2D eigenvalue weighted by Crippen LogP contribution is 2.17. The van der Waals surface area contributed by atoms with Crippen LogP contribution in [0.3, 0.4) is 0 Å². The van der Waals surface area contributed by atoms with Crippen LogP contribution < -0.4 is 5.32 Å². The summed E-state index contributed by atoms with van der Waals surface area (Å²) in [5, 5.41) is 11.9. The van der Waals surface area contributed by atoms with Crippen molar-refractivity contribution in [3.05, 3.63) is 35.4 Å². The Morgan fingerprint density at radius 3 is 2.72 bits per heavy atom. The van der Waals surface area contributed by atoms with Crippen molar-refractivity contribution in [3.63, 3.8) is 0 Å². The summed E-state index contributed by atoms with van der Waals surface area (Å²) >= 11 is 0. The van der Waals surface area contributed by atoms with E-state index in [2.05, 4.69) is 5.32 Å². The van der Waals surface area contributed by atoms with Crippen LogP contribution in [-0.4, -0.2) is 23.7 Å². The van der Waals surface area contributed by atoms with E-state index in [0.717, 1.165) is 17.5 Å². The normalized spacial score (nSPS) is 14.0. The van der Waals surface area contributed by atoms with Gasteiger partial charge in [-0.1, -0.05) is 36.8 Å². The Morgan fingerprint density at radius 2 is 2.17 bits per heavy atom. The number of carbonyl (C=O) groups excluding carboxylic acids is 1. The lowest BCUT2D eigenvalue weighted by Gasteiger charge is -2.19. The summed E-state index contributed by atoms with van der Waals surface area (Å²) in [6.45, 7) is 6.06. The Kier molecular flexibility index (Phi) is 5.86. The summed E-state index contributed by atoms with van der Waals surface area (Å²) in [6, 6.07) is 8.07. The molecule has 1 amide bonds. The number of amides is 1. The highest BCUT2D eigenvalue weighted by molar-refractivity contribution is 5.83. The van der Waals surface area contributed by atoms with E-state index in [1.165, 1.54) is 0 Å². The molecule has 0 fully saturated rings. The van der Waals surface area contributed by atoms with Crippen LogP contribution in [0.25, 0.3) is 0 Å². The lowest BCUT2D eigenvalue weighted by atomic mass is 9.98. The highest BCUT2D eigenvalue weighted by Gasteiger charge is 2.18. The number of aliphatic hydroxyl groups excluding tert-OH is 1. The third-order valence-electron chi connectivity index (χ3n) is 3.25. The highest BCUT2D eigenvalue weighted by atomic mass is 16.3. The molecule has 100 valence electrons. The molecule has 2 atom stereocenters. The smallest absolute Gasteiger partial charge is 0.227 e. The van der Waals surface area contributed by atoms with E-state index in [1.54, 1.807) is 0 Å². The van der Waals surface area contributed by atoms with E-state index in [-0.39, 0.29) is 24.5 Å². The molecule has 0 heterocycles. The number of benzene rings is 1. The van der Waals surface area contributed by atoms with Gasteiger partial charge in [0.1, 0.15) is 0 Å². The quantitative estimate of drug-likeness (QED) is 0.813. The zero-order valence-electron chi connectivity index (χ0n) is 11.4. The maximum absolute atomic E-state index is 12.1. The summed E-state index contributed by atoms with van der Waals surface area (Å²) in [6.07, 6.45) is 1.45. The molecule has 0 bridgehead atoms. The van der Waals surface area contributed by atoms with Gasteiger partial charge in [-0.3, -0.25) is 4.79 Å². The number of nitrogens with one attached hydrogen (secondary N) is 1. The molecule has 0 saturated heterocycles. The molecule has 0 radical (unpaired) electrons. The van der Waals surface area contributed by atoms with Crippen molar-refractivity contribution in [2.45, 2.75) is 45.6 Å². The Labute approximate surface area is 109 Å². The molecule has 0 spiro atoms. The summed E-state index contributed by atoms with van der Waals surface area (Å²) in [4.78, 5) is 12.1. The molecule has 1 aromatic rings. The summed E-state index contributed by atoms with van der Waals surface area (Å²) < 4.78 is 0. The van der Waals surface area contributed by atoms with Crippen LogP contribution in [0.1, 0.15) is 43.7 Å². The van der Waals surface area contributed by atoms with Crippen LogP contribution in [0.4, 0.5) is 0 Å². The fourth-order valence-electron chi connectivity index (χ4n) is 1.95. The third-order valence-corrected chi connectivity index (χ3v) is 3.25. The number of aryl methyl sites for hydroxylation is 1. The lowest BCUT2D eigenvalue weighted by Crippen LogP contribution is -2.37. The second-order valence-corrected chi connectivity index (χ2v) is 4.76. The Bertz CT molecular complexity index is 390. The fourth-order valence-corrected chi connectivity index (χ4v) is 1.95. The summed E-state index contributed by atoms with van der Waals surface area (Å²) in [5.41, 5.74) is 2.20. The molecule has 0 aliphatic carbocycles. The Balaban J connectivity index is 2.66. The molecule has 2 unspecified atom stereocenters. The maximum Gasteiger partial charge on any atom is 0.227 e. The first-order valence-corrected chi connectivity index (χ1v) is 6.56. The van der Waals surface area contributed by atoms with Crippen LogP contribution in [0.2, 0.25) is 0 Å². The predicted octanol–water partition coefficient (Wildman–Crippen LogP) is 2.38. The largest absolute Gasteiger partial charge is 0.396 e. The van der Waals surface area contributed by atoms with Gasteiger partial charge in [-0.2, -0.15) is 0 Å². The van der Waals surface area contributed by atoms with Gasteiger partial charge in [0.25, 0.3) is 0 Å². The van der Waals surface area contributed by atoms with Gasteiger partial charge in [-0.25, -0.2) is 0 Å². The van der Waals surface area contributed by atoms with E-state index >= 15 is 0 Å². The van der Waals surface area contributed by atoms with Crippen molar-refractivity contribution < 1.29 is 9.90 Å². The van der Waals surface area contributed by atoms with Crippen LogP contribution >= 0.6 is 0 Å². The monoisotopic (exact) mass is 249 g/mol. The van der Waals surface area contributed by atoms with E-state index in [0.29, 0.717) is 6.42 Å². The molecule has 3 heteroatoms. The van der Waals surface area contributed by atoms with Crippen LogP contribution in [0.15, 0.2) is 24.3 Å². The van der Waals surface area contributed by atoms with E-state index in [4.69, 9.17) is 5.11 Å². The van der Waals surface area contributed by atoms with Gasteiger partial charge < -0.3 is 10.4 Å². The topological polar surface area (TPSA) is 49.3 Å². The van der Waals surface area contributed by atoms with Crippen LogP contribution in [0, 0.1) is 6.92 Å². The van der Waals surface area contributed by atoms with E-state index in [1.807, 2.05) is 45.0 Å². The van der Waals surface area contributed by atoms with Crippen molar-refractivity contribution in [2.75, 3.05) is 6.61 Å². The van der Waals surface area contributed by atoms with Gasteiger partial charge in [0.2, 0.25) is 5.91 Å². The lowest BCUT2D eigenvalue weighted by molar-refractivity contribution is -0.123. The minimum Gasteiger partial charge on any atom is -0.396 e. The van der Waals surface area contributed by atoms with Gasteiger partial charge in [0, 0.05) is 12.6 Å². The molecule has 0 aliphatic rings. The SMILES string of the molecule is CCC(CCO)NC(=O)C(C)c1cccc(C)c1. The number of rotatable bonds is 6. The van der Waals surface area contributed by atoms with Gasteiger partial charge in [-0.05, 0) is 32.3 Å². The second-order valence-electron chi connectivity index (χ2n) is 4.76. The minimum atomic E-state index is -0.155. The van der Waals surface area contributed by atoms with Gasteiger partial charge >= 0.3 is 0 Å². The molecular formula is C15H23NO2. The van der Waals surface area contributed by atoms with E-state index in [9.17, 15) is 4.79 Å². The first kappa shape index (κ1) is 14.7. The summed E-state index contributed by atoms with van der Waals surface area (Å²) in [5.74, 6) is -0.126. The standard InChI is InChI=1S/C15H23NO2/c1-4-14(8-9-17)16-15(18)12(3)13-7-5-6-11(2)10-13/h5-7,10,12,14,17H,4,8-9H2,1-3H3,(H,16,18). The summed E-state index contributed by atoms with van der Waals surface area (Å²) in [7, 11) is 0. The number of aliphatic hydroxyl groups is 1. The third kappa shape index (κ3) is 4.15. The molecular weight excluding hydrogens is 226 g/mol. The fraction of sp³-hybridized carbons (Fsp3) is 0.533. The second kappa shape index (κ2) is 7.17.